The molecule has 0 unspecified atom stereocenters. The lowest BCUT2D eigenvalue weighted by Gasteiger charge is -2.15. The van der Waals surface area contributed by atoms with Crippen LogP contribution in [0.2, 0.25) is 0 Å². The van der Waals surface area contributed by atoms with E-state index in [9.17, 15) is 0 Å². The van der Waals surface area contributed by atoms with Gasteiger partial charge in [-0.2, -0.15) is 0 Å². The number of hydrogen-bond donors (Lipinski definition) is 0. The maximum Gasteiger partial charge on any atom is 0.198 e. The van der Waals surface area contributed by atoms with Crippen molar-refractivity contribution in [3.63, 3.8) is 0 Å². The van der Waals surface area contributed by atoms with Crippen molar-refractivity contribution in [1.29, 1.82) is 0 Å². The van der Waals surface area contributed by atoms with Gasteiger partial charge in [0.05, 0.1) is 11.0 Å². The zero-order valence-electron chi connectivity index (χ0n) is 13.4. The molecule has 0 amide bonds. The van der Waals surface area contributed by atoms with Gasteiger partial charge in [0, 0.05) is 11.6 Å². The van der Waals surface area contributed by atoms with Gasteiger partial charge in [-0.3, -0.25) is 0 Å². The molecule has 0 bridgehead atoms. The number of aromatic nitrogens is 4. The molecule has 5 rings (SSSR count). The molecule has 1 aliphatic carbocycles. The van der Waals surface area contributed by atoms with Crippen LogP contribution in [0.5, 0.6) is 0 Å². The van der Waals surface area contributed by atoms with Crippen molar-refractivity contribution in [3.8, 4) is 11.4 Å². The van der Waals surface area contributed by atoms with Gasteiger partial charge >= 0.3 is 0 Å². The van der Waals surface area contributed by atoms with Gasteiger partial charge in [0.1, 0.15) is 5.82 Å². The lowest BCUT2D eigenvalue weighted by atomic mass is 10.2. The molecule has 0 spiro atoms. The maximum atomic E-state index is 4.91. The third-order valence-corrected chi connectivity index (χ3v) is 4.92. The Morgan fingerprint density at radius 2 is 1.42 bits per heavy atom. The fourth-order valence-electron chi connectivity index (χ4n) is 3.77. The molecule has 1 aliphatic rings. The molecule has 4 heteroatoms. The first-order valence-electron chi connectivity index (χ1n) is 8.60. The van der Waals surface area contributed by atoms with Gasteiger partial charge in [0.15, 0.2) is 11.3 Å². The van der Waals surface area contributed by atoms with Crippen molar-refractivity contribution in [3.05, 3.63) is 54.6 Å². The largest absolute Gasteiger partial charge is 0.304 e. The Morgan fingerprint density at radius 1 is 0.750 bits per heavy atom. The summed E-state index contributed by atoms with van der Waals surface area (Å²) in [5, 5.41) is 0. The first kappa shape index (κ1) is 13.7. The summed E-state index contributed by atoms with van der Waals surface area (Å²) in [5.74, 6) is 0.993. The van der Waals surface area contributed by atoms with E-state index in [1.165, 1.54) is 25.7 Å². The summed E-state index contributed by atoms with van der Waals surface area (Å²) in [4.78, 5) is 14.5. The minimum absolute atomic E-state index is 0.473. The van der Waals surface area contributed by atoms with Gasteiger partial charge < -0.3 is 4.57 Å². The third kappa shape index (κ3) is 2.10. The summed E-state index contributed by atoms with van der Waals surface area (Å²) in [6, 6.07) is 18.9. The van der Waals surface area contributed by atoms with Gasteiger partial charge in [-0.1, -0.05) is 55.3 Å². The van der Waals surface area contributed by atoms with Crippen molar-refractivity contribution < 1.29 is 0 Å². The van der Waals surface area contributed by atoms with Crippen molar-refractivity contribution in [1.82, 2.24) is 19.5 Å². The summed E-state index contributed by atoms with van der Waals surface area (Å²) in [5.41, 5.74) is 4.64. The van der Waals surface area contributed by atoms with E-state index >= 15 is 0 Å². The first-order valence-corrected chi connectivity index (χ1v) is 8.60. The summed E-state index contributed by atoms with van der Waals surface area (Å²) < 4.78 is 2.33. The standard InChI is InChI=1S/C20H18N4/c1-2-8-14(9-3-1)19-23-18-20(24(19)15-10-4-5-11-15)22-17-13-7-6-12-16(17)21-18/h1-3,6-9,12-13,15H,4-5,10-11H2. The van der Waals surface area contributed by atoms with E-state index in [1.54, 1.807) is 0 Å². The second-order valence-corrected chi connectivity index (χ2v) is 6.47. The van der Waals surface area contributed by atoms with Gasteiger partial charge in [-0.25, -0.2) is 15.0 Å². The Balaban J connectivity index is 1.83. The Kier molecular flexibility index (Phi) is 3.08. The van der Waals surface area contributed by atoms with Crippen LogP contribution in [0.25, 0.3) is 33.7 Å². The molecule has 2 heterocycles. The summed E-state index contributed by atoms with van der Waals surface area (Å²) in [6.45, 7) is 0. The van der Waals surface area contributed by atoms with E-state index in [4.69, 9.17) is 15.0 Å². The van der Waals surface area contributed by atoms with Crippen LogP contribution in [-0.4, -0.2) is 19.5 Å². The average molecular weight is 314 g/mol. The molecule has 4 aromatic rings. The number of imidazole rings is 1. The molecule has 2 aromatic heterocycles. The number of fused-ring (bicyclic) bond motifs is 2. The van der Waals surface area contributed by atoms with Crippen LogP contribution in [-0.2, 0) is 0 Å². The van der Waals surface area contributed by atoms with Crippen LogP contribution in [0, 0.1) is 0 Å². The van der Waals surface area contributed by atoms with Gasteiger partial charge in [0.2, 0.25) is 0 Å². The lowest BCUT2D eigenvalue weighted by Crippen LogP contribution is -2.07. The summed E-state index contributed by atoms with van der Waals surface area (Å²) >= 11 is 0. The normalized spacial score (nSPS) is 15.5. The molecule has 4 nitrogen and oxygen atoms in total. The highest BCUT2D eigenvalue weighted by Crippen LogP contribution is 2.36. The molecule has 118 valence electrons. The highest BCUT2D eigenvalue weighted by molar-refractivity contribution is 5.85. The fourth-order valence-corrected chi connectivity index (χ4v) is 3.77. The monoisotopic (exact) mass is 314 g/mol. The predicted octanol–water partition coefficient (Wildman–Crippen LogP) is 4.76. The zero-order valence-corrected chi connectivity index (χ0v) is 13.4. The van der Waals surface area contributed by atoms with E-state index in [0.29, 0.717) is 6.04 Å². The Hall–Kier alpha value is -2.75. The molecule has 24 heavy (non-hydrogen) atoms. The number of para-hydroxylation sites is 2. The van der Waals surface area contributed by atoms with E-state index in [2.05, 4.69) is 28.8 Å². The van der Waals surface area contributed by atoms with Crippen molar-refractivity contribution in [2.24, 2.45) is 0 Å². The minimum atomic E-state index is 0.473. The van der Waals surface area contributed by atoms with Crippen molar-refractivity contribution in [2.45, 2.75) is 31.7 Å². The van der Waals surface area contributed by atoms with Crippen LogP contribution in [0.4, 0.5) is 0 Å². The fraction of sp³-hybridized carbons (Fsp3) is 0.250. The topological polar surface area (TPSA) is 43.6 Å². The van der Waals surface area contributed by atoms with E-state index in [-0.39, 0.29) is 0 Å². The predicted molar refractivity (Wildman–Crippen MR) is 95.8 cm³/mol. The quantitative estimate of drug-likeness (QED) is 0.535. The first-order chi connectivity index (χ1) is 11.9. The number of benzene rings is 2. The Labute approximate surface area is 140 Å². The van der Waals surface area contributed by atoms with Crippen molar-refractivity contribution in [2.75, 3.05) is 0 Å². The van der Waals surface area contributed by atoms with E-state index in [1.807, 2.05) is 30.3 Å². The molecular formula is C20H18N4. The van der Waals surface area contributed by atoms with E-state index in [0.717, 1.165) is 33.7 Å². The minimum Gasteiger partial charge on any atom is -0.304 e. The van der Waals surface area contributed by atoms with Crippen molar-refractivity contribution >= 4 is 22.3 Å². The number of hydrogen-bond acceptors (Lipinski definition) is 3. The lowest BCUT2D eigenvalue weighted by molar-refractivity contribution is 0.534. The average Bonchev–Trinajstić information content (AvgIpc) is 3.27. The van der Waals surface area contributed by atoms with Crippen LogP contribution < -0.4 is 0 Å². The van der Waals surface area contributed by atoms with Gasteiger partial charge in [-0.15, -0.1) is 0 Å². The molecule has 2 aromatic carbocycles. The molecule has 0 saturated heterocycles. The summed E-state index contributed by atoms with van der Waals surface area (Å²) in [6.07, 6.45) is 4.94. The zero-order chi connectivity index (χ0) is 15.9. The summed E-state index contributed by atoms with van der Waals surface area (Å²) in [7, 11) is 0. The molecule has 0 atom stereocenters. The van der Waals surface area contributed by atoms with Crippen LogP contribution in [0.15, 0.2) is 54.6 Å². The second kappa shape index (κ2) is 5.41. The van der Waals surface area contributed by atoms with E-state index < -0.39 is 0 Å². The number of nitrogens with zero attached hydrogens (tertiary/aromatic N) is 4. The SMILES string of the molecule is c1ccc(-c2nc3nc4ccccc4nc3n2C2CCCC2)cc1. The third-order valence-electron chi connectivity index (χ3n) is 4.92. The molecule has 1 fully saturated rings. The molecular weight excluding hydrogens is 296 g/mol. The second-order valence-electron chi connectivity index (χ2n) is 6.47. The maximum absolute atomic E-state index is 4.91. The molecule has 0 aliphatic heterocycles. The molecule has 1 saturated carbocycles. The highest BCUT2D eigenvalue weighted by atomic mass is 15.2. The number of rotatable bonds is 2. The van der Waals surface area contributed by atoms with Gasteiger partial charge in [0.25, 0.3) is 0 Å². The smallest absolute Gasteiger partial charge is 0.198 e. The molecule has 0 N–H and O–H groups in total. The van der Waals surface area contributed by atoms with Crippen LogP contribution >= 0.6 is 0 Å². The molecule has 0 radical (unpaired) electrons. The van der Waals surface area contributed by atoms with Crippen LogP contribution in [0.3, 0.4) is 0 Å². The van der Waals surface area contributed by atoms with Gasteiger partial charge in [-0.05, 0) is 25.0 Å². The Morgan fingerprint density at radius 3 is 2.17 bits per heavy atom. The van der Waals surface area contributed by atoms with Crippen LogP contribution in [0.1, 0.15) is 31.7 Å². The highest BCUT2D eigenvalue weighted by Gasteiger charge is 2.24. The Bertz CT molecular complexity index is 1010.